The van der Waals surface area contributed by atoms with Gasteiger partial charge in [0.05, 0.1) is 29.7 Å². The van der Waals surface area contributed by atoms with Gasteiger partial charge in [0.15, 0.2) is 5.11 Å². The van der Waals surface area contributed by atoms with Gasteiger partial charge in [-0.3, -0.25) is 4.68 Å². The van der Waals surface area contributed by atoms with Crippen LogP contribution in [0, 0.1) is 20.8 Å². The van der Waals surface area contributed by atoms with E-state index in [1.165, 1.54) is 11.1 Å². The standard InChI is InChI=1S/C19H26N4OS/c1-13-6-8-16(9-7-13)12-23-15(3)18(14(2)22-23)21-19(25)20-11-17-5-4-10-24-17/h6-9,17H,4-5,10-12H2,1-3H3,(H2,20,21,25). The van der Waals surface area contributed by atoms with Crippen LogP contribution < -0.4 is 10.6 Å². The van der Waals surface area contributed by atoms with E-state index in [0.717, 1.165) is 49.6 Å². The molecule has 2 N–H and O–H groups in total. The van der Waals surface area contributed by atoms with Crippen molar-refractivity contribution in [2.45, 2.75) is 46.3 Å². The van der Waals surface area contributed by atoms with Crippen LogP contribution in [0.1, 0.15) is 35.4 Å². The van der Waals surface area contributed by atoms with Gasteiger partial charge in [-0.15, -0.1) is 0 Å². The van der Waals surface area contributed by atoms with Crippen LogP contribution in [-0.4, -0.2) is 34.1 Å². The number of hydrogen-bond donors (Lipinski definition) is 2. The molecule has 0 saturated carbocycles. The van der Waals surface area contributed by atoms with Gasteiger partial charge in [-0.25, -0.2) is 0 Å². The summed E-state index contributed by atoms with van der Waals surface area (Å²) in [5.41, 5.74) is 5.52. The predicted molar refractivity (Wildman–Crippen MR) is 105 cm³/mol. The number of aromatic nitrogens is 2. The molecule has 2 heterocycles. The summed E-state index contributed by atoms with van der Waals surface area (Å²) in [6.45, 7) is 8.53. The van der Waals surface area contributed by atoms with Gasteiger partial charge < -0.3 is 15.4 Å². The topological polar surface area (TPSA) is 51.1 Å². The minimum atomic E-state index is 0.270. The van der Waals surface area contributed by atoms with Crippen molar-refractivity contribution in [1.82, 2.24) is 15.1 Å². The highest BCUT2D eigenvalue weighted by molar-refractivity contribution is 7.80. The molecule has 1 aliphatic heterocycles. The van der Waals surface area contributed by atoms with Gasteiger partial charge in [0, 0.05) is 13.2 Å². The van der Waals surface area contributed by atoms with Gasteiger partial charge in [-0.05, 0) is 51.4 Å². The van der Waals surface area contributed by atoms with Gasteiger partial charge >= 0.3 is 0 Å². The molecule has 1 saturated heterocycles. The van der Waals surface area contributed by atoms with Crippen molar-refractivity contribution in [3.8, 4) is 0 Å². The molecule has 2 aromatic rings. The smallest absolute Gasteiger partial charge is 0.170 e. The zero-order valence-electron chi connectivity index (χ0n) is 15.1. The summed E-state index contributed by atoms with van der Waals surface area (Å²) < 4.78 is 7.63. The molecule has 1 aromatic heterocycles. The van der Waals surface area contributed by atoms with Gasteiger partial charge in [0.1, 0.15) is 0 Å². The number of nitrogens with zero attached hydrogens (tertiary/aromatic N) is 2. The highest BCUT2D eigenvalue weighted by Crippen LogP contribution is 2.20. The van der Waals surface area contributed by atoms with Crippen LogP contribution in [0.4, 0.5) is 5.69 Å². The molecule has 3 rings (SSSR count). The molecule has 0 amide bonds. The van der Waals surface area contributed by atoms with E-state index in [-0.39, 0.29) is 6.10 Å². The molecule has 1 unspecified atom stereocenters. The zero-order chi connectivity index (χ0) is 17.8. The molecular formula is C19H26N4OS. The van der Waals surface area contributed by atoms with Gasteiger partial charge in [0.25, 0.3) is 0 Å². The number of ether oxygens (including phenoxy) is 1. The first-order valence-corrected chi connectivity index (χ1v) is 9.20. The van der Waals surface area contributed by atoms with Crippen molar-refractivity contribution in [1.29, 1.82) is 0 Å². The monoisotopic (exact) mass is 358 g/mol. The van der Waals surface area contributed by atoms with Crippen molar-refractivity contribution in [3.05, 3.63) is 46.8 Å². The minimum absolute atomic E-state index is 0.270. The molecular weight excluding hydrogens is 332 g/mol. The third kappa shape index (κ3) is 4.58. The van der Waals surface area contributed by atoms with Crippen LogP contribution in [0.25, 0.3) is 0 Å². The summed E-state index contributed by atoms with van der Waals surface area (Å²) in [5, 5.41) is 11.8. The summed E-state index contributed by atoms with van der Waals surface area (Å²) in [7, 11) is 0. The molecule has 1 aliphatic rings. The summed E-state index contributed by atoms with van der Waals surface area (Å²) in [4.78, 5) is 0. The molecule has 1 atom stereocenters. The molecule has 0 aliphatic carbocycles. The summed E-state index contributed by atoms with van der Waals surface area (Å²) in [6, 6.07) is 8.55. The number of thiocarbonyl (C=S) groups is 1. The molecule has 1 fully saturated rings. The van der Waals surface area contributed by atoms with Crippen LogP contribution >= 0.6 is 12.2 Å². The Labute approximate surface area is 154 Å². The SMILES string of the molecule is Cc1ccc(Cn2nc(C)c(NC(=S)NCC3CCCO3)c2C)cc1. The van der Waals surface area contributed by atoms with E-state index in [0.29, 0.717) is 5.11 Å². The number of aryl methyl sites for hydroxylation is 2. The number of rotatable bonds is 5. The maximum atomic E-state index is 5.61. The highest BCUT2D eigenvalue weighted by atomic mass is 32.1. The molecule has 6 heteroatoms. The molecule has 0 spiro atoms. The Morgan fingerprint density at radius 3 is 2.72 bits per heavy atom. The Morgan fingerprint density at radius 2 is 2.04 bits per heavy atom. The van der Waals surface area contributed by atoms with E-state index < -0.39 is 0 Å². The highest BCUT2D eigenvalue weighted by Gasteiger charge is 2.17. The predicted octanol–water partition coefficient (Wildman–Crippen LogP) is 3.32. The van der Waals surface area contributed by atoms with E-state index in [1.807, 2.05) is 11.6 Å². The quantitative estimate of drug-likeness (QED) is 0.803. The first-order valence-electron chi connectivity index (χ1n) is 8.79. The lowest BCUT2D eigenvalue weighted by molar-refractivity contribution is 0.114. The fourth-order valence-corrected chi connectivity index (χ4v) is 3.25. The maximum Gasteiger partial charge on any atom is 0.170 e. The van der Waals surface area contributed by atoms with Crippen LogP contribution in [0.15, 0.2) is 24.3 Å². The van der Waals surface area contributed by atoms with Crippen molar-refractivity contribution < 1.29 is 4.74 Å². The third-order valence-corrected chi connectivity index (χ3v) is 4.83. The second kappa shape index (κ2) is 7.97. The van der Waals surface area contributed by atoms with E-state index in [9.17, 15) is 0 Å². The lowest BCUT2D eigenvalue weighted by atomic mass is 10.1. The molecule has 1 aromatic carbocycles. The van der Waals surface area contributed by atoms with Crippen LogP contribution in [0.5, 0.6) is 0 Å². The number of benzene rings is 1. The normalized spacial score (nSPS) is 16.8. The van der Waals surface area contributed by atoms with E-state index in [1.54, 1.807) is 0 Å². The summed E-state index contributed by atoms with van der Waals surface area (Å²) in [6.07, 6.45) is 2.50. The fourth-order valence-electron chi connectivity index (χ4n) is 3.07. The molecule has 5 nitrogen and oxygen atoms in total. The first kappa shape index (κ1) is 17.9. The van der Waals surface area contributed by atoms with Crippen LogP contribution in [0.3, 0.4) is 0 Å². The van der Waals surface area contributed by atoms with Gasteiger partial charge in [-0.1, -0.05) is 29.8 Å². The van der Waals surface area contributed by atoms with E-state index in [2.05, 4.69) is 53.8 Å². The van der Waals surface area contributed by atoms with Crippen LogP contribution in [-0.2, 0) is 11.3 Å². The Morgan fingerprint density at radius 1 is 1.28 bits per heavy atom. The van der Waals surface area contributed by atoms with Gasteiger partial charge in [0.2, 0.25) is 0 Å². The minimum Gasteiger partial charge on any atom is -0.376 e. The lowest BCUT2D eigenvalue weighted by Crippen LogP contribution is -2.35. The first-order chi connectivity index (χ1) is 12.0. The maximum absolute atomic E-state index is 5.61. The average molecular weight is 359 g/mol. The Kier molecular flexibility index (Phi) is 5.71. The van der Waals surface area contributed by atoms with Gasteiger partial charge in [-0.2, -0.15) is 5.10 Å². The molecule has 134 valence electrons. The largest absolute Gasteiger partial charge is 0.376 e. The average Bonchev–Trinajstić information content (AvgIpc) is 3.19. The second-order valence-electron chi connectivity index (χ2n) is 6.66. The van der Waals surface area contributed by atoms with Crippen molar-refractivity contribution in [2.24, 2.45) is 0 Å². The Hall–Kier alpha value is -1.92. The molecule has 0 radical (unpaired) electrons. The number of hydrogen-bond acceptors (Lipinski definition) is 3. The van der Waals surface area contributed by atoms with E-state index in [4.69, 9.17) is 17.0 Å². The Balaban J connectivity index is 1.62. The van der Waals surface area contributed by atoms with Crippen molar-refractivity contribution >= 4 is 23.0 Å². The molecule has 0 bridgehead atoms. The number of anilines is 1. The van der Waals surface area contributed by atoms with Crippen molar-refractivity contribution in [2.75, 3.05) is 18.5 Å². The number of nitrogens with one attached hydrogen (secondary N) is 2. The third-order valence-electron chi connectivity index (χ3n) is 4.59. The fraction of sp³-hybridized carbons (Fsp3) is 0.474. The summed E-state index contributed by atoms with van der Waals surface area (Å²) in [5.74, 6) is 0. The van der Waals surface area contributed by atoms with Crippen LogP contribution in [0.2, 0.25) is 0 Å². The lowest BCUT2D eigenvalue weighted by Gasteiger charge is -2.14. The zero-order valence-corrected chi connectivity index (χ0v) is 15.9. The summed E-state index contributed by atoms with van der Waals surface area (Å²) >= 11 is 5.43. The van der Waals surface area contributed by atoms with Crippen molar-refractivity contribution in [3.63, 3.8) is 0 Å². The molecule has 25 heavy (non-hydrogen) atoms. The Bertz CT molecular complexity index is 733. The van der Waals surface area contributed by atoms with E-state index >= 15 is 0 Å². The second-order valence-corrected chi connectivity index (χ2v) is 7.07.